The molecule has 212 valence electrons. The molecule has 0 spiro atoms. The molecule has 0 aliphatic carbocycles. The van der Waals surface area contributed by atoms with Gasteiger partial charge in [-0.3, -0.25) is 0 Å². The van der Waals surface area contributed by atoms with E-state index in [1.165, 1.54) is 13.2 Å². The third kappa shape index (κ3) is 9.19. The molecule has 2 rings (SSSR count). The molecule has 0 aliphatic rings. The molecule has 0 unspecified atom stereocenters. The highest BCUT2D eigenvalue weighted by Crippen LogP contribution is 2.36. The number of aryl methyl sites for hydroxylation is 1. The van der Waals surface area contributed by atoms with Crippen molar-refractivity contribution in [3.05, 3.63) is 46.6 Å². The molecule has 0 bridgehead atoms. The highest BCUT2D eigenvalue weighted by Gasteiger charge is 2.35. The quantitative estimate of drug-likeness (QED) is 0.348. The van der Waals surface area contributed by atoms with Crippen LogP contribution in [0.3, 0.4) is 0 Å². The second-order valence-electron chi connectivity index (χ2n) is 8.93. The van der Waals surface area contributed by atoms with Crippen molar-refractivity contribution >= 4 is 28.0 Å². The Balaban J connectivity index is 2.31. The maximum Gasteiger partial charge on any atom is 0.421 e. The van der Waals surface area contributed by atoms with E-state index in [2.05, 4.69) is 9.17 Å². The van der Waals surface area contributed by atoms with Crippen molar-refractivity contribution < 1.29 is 44.8 Å². The van der Waals surface area contributed by atoms with Crippen LogP contribution in [0.2, 0.25) is 5.02 Å². The first-order valence-electron chi connectivity index (χ1n) is 11.2. The largest absolute Gasteiger partial charge is 0.491 e. The average Bonchev–Trinajstić information content (AvgIpc) is 2.76. The van der Waals surface area contributed by atoms with Crippen molar-refractivity contribution in [3.63, 3.8) is 0 Å². The Bertz CT molecular complexity index is 1220. The predicted molar refractivity (Wildman–Crippen MR) is 133 cm³/mol. The lowest BCUT2D eigenvalue weighted by Gasteiger charge is -2.32. The molecule has 2 N–H and O–H groups in total. The maximum atomic E-state index is 13.0. The fourth-order valence-electron chi connectivity index (χ4n) is 3.27. The van der Waals surface area contributed by atoms with Crippen molar-refractivity contribution in [2.75, 3.05) is 26.9 Å². The van der Waals surface area contributed by atoms with Gasteiger partial charge in [0.1, 0.15) is 23.1 Å². The molecule has 10 nitrogen and oxygen atoms in total. The van der Waals surface area contributed by atoms with Crippen LogP contribution in [-0.2, 0) is 31.8 Å². The number of halogens is 4. The lowest BCUT2D eigenvalue weighted by atomic mass is 10.1. The van der Waals surface area contributed by atoms with Gasteiger partial charge in [0.15, 0.2) is 0 Å². The summed E-state index contributed by atoms with van der Waals surface area (Å²) in [5, 5.41) is -0.356. The topological polar surface area (TPSA) is 130 Å². The van der Waals surface area contributed by atoms with Crippen LogP contribution >= 0.6 is 11.6 Å². The number of benzene rings is 1. The number of alkyl halides is 3. The minimum Gasteiger partial charge on any atom is -0.491 e. The first kappa shape index (κ1) is 31.4. The zero-order valence-corrected chi connectivity index (χ0v) is 22.7. The highest BCUT2D eigenvalue weighted by atomic mass is 35.5. The summed E-state index contributed by atoms with van der Waals surface area (Å²) in [4.78, 5) is 14.8. The van der Waals surface area contributed by atoms with E-state index in [9.17, 15) is 26.4 Å². The van der Waals surface area contributed by atoms with Gasteiger partial charge in [0.05, 0.1) is 12.2 Å². The molecule has 0 radical (unpaired) electrons. The van der Waals surface area contributed by atoms with Crippen molar-refractivity contribution in [2.24, 2.45) is 5.73 Å². The molecule has 0 fully saturated rings. The van der Waals surface area contributed by atoms with Crippen LogP contribution in [0.4, 0.5) is 18.0 Å². The third-order valence-electron chi connectivity index (χ3n) is 4.95. The van der Waals surface area contributed by atoms with Crippen LogP contribution in [0, 0.1) is 0 Å². The van der Waals surface area contributed by atoms with Gasteiger partial charge in [-0.25, -0.2) is 9.78 Å². The van der Waals surface area contributed by atoms with Crippen LogP contribution in [0.25, 0.3) is 0 Å². The molecule has 38 heavy (non-hydrogen) atoms. The molecule has 0 atom stereocenters. The van der Waals surface area contributed by atoms with Crippen LogP contribution < -0.4 is 15.2 Å². The monoisotopic (exact) mass is 583 g/mol. The van der Waals surface area contributed by atoms with Crippen LogP contribution in [0.15, 0.2) is 30.5 Å². The smallest absolute Gasteiger partial charge is 0.421 e. The Morgan fingerprint density at radius 2 is 1.84 bits per heavy atom. The average molecular weight is 584 g/mol. The SMILES string of the molecule is COCCOc1ccc(CCCN(C(C)(C)C)S(=O)(=O)OC(N)=O)c(Oc2ncc(C(F)(F)F)cc2Cl)c1. The Labute approximate surface area is 224 Å². The van der Waals surface area contributed by atoms with Gasteiger partial charge < -0.3 is 24.1 Å². The number of nitrogens with two attached hydrogens (primary N) is 1. The van der Waals surface area contributed by atoms with Gasteiger partial charge in [0.25, 0.3) is 0 Å². The number of aromatic nitrogens is 1. The summed E-state index contributed by atoms with van der Waals surface area (Å²) in [5.74, 6) is 0.314. The standard InChI is InChI=1S/C23H29ClF3N3O7S/c1-22(2,3)30(38(32,33)37-21(28)31)9-5-6-15-7-8-17(35-11-10-34-4)13-19(15)36-20-18(24)12-16(14-29-20)23(25,26)27/h7-8,12-14H,5-6,9-11H2,1-4H3,(H2,28,31). The van der Waals surface area contributed by atoms with Crippen molar-refractivity contribution in [3.8, 4) is 17.4 Å². The summed E-state index contributed by atoms with van der Waals surface area (Å²) in [7, 11) is -2.95. The van der Waals surface area contributed by atoms with E-state index in [0.717, 1.165) is 4.31 Å². The van der Waals surface area contributed by atoms with Crippen LogP contribution in [0.5, 0.6) is 17.4 Å². The van der Waals surface area contributed by atoms with Gasteiger partial charge in [-0.1, -0.05) is 17.7 Å². The van der Waals surface area contributed by atoms with Gasteiger partial charge in [0, 0.05) is 31.5 Å². The number of hydrogen-bond donors (Lipinski definition) is 1. The van der Waals surface area contributed by atoms with Gasteiger partial charge in [-0.2, -0.15) is 25.9 Å². The fraction of sp³-hybridized carbons (Fsp3) is 0.478. The summed E-state index contributed by atoms with van der Waals surface area (Å²) < 4.78 is 85.6. The minimum atomic E-state index is -4.63. The number of amides is 1. The molecule has 1 aromatic heterocycles. The van der Waals surface area contributed by atoms with E-state index in [1.807, 2.05) is 0 Å². The zero-order valence-electron chi connectivity index (χ0n) is 21.2. The van der Waals surface area contributed by atoms with Crippen LogP contribution in [0.1, 0.15) is 38.3 Å². The number of primary amides is 1. The summed E-state index contributed by atoms with van der Waals surface area (Å²) in [6.45, 7) is 5.35. The molecule has 1 heterocycles. The molecule has 1 aromatic carbocycles. The molecular formula is C23H29ClF3N3O7S. The van der Waals surface area contributed by atoms with Crippen molar-refractivity contribution in [1.29, 1.82) is 0 Å². The highest BCUT2D eigenvalue weighted by molar-refractivity contribution is 7.84. The lowest BCUT2D eigenvalue weighted by Crippen LogP contribution is -2.47. The number of carbonyl (C=O) groups excluding carboxylic acids is 1. The summed E-state index contributed by atoms with van der Waals surface area (Å²) in [5.41, 5.74) is 3.48. The lowest BCUT2D eigenvalue weighted by molar-refractivity contribution is -0.137. The van der Waals surface area contributed by atoms with Gasteiger partial charge in [0.2, 0.25) is 5.88 Å². The summed E-state index contributed by atoms with van der Waals surface area (Å²) in [6, 6.07) is 5.52. The van der Waals surface area contributed by atoms with E-state index < -0.39 is 33.7 Å². The number of ether oxygens (including phenoxy) is 3. The van der Waals surface area contributed by atoms with Gasteiger partial charge >= 0.3 is 22.6 Å². The molecule has 0 saturated heterocycles. The predicted octanol–water partition coefficient (Wildman–Crippen LogP) is 4.94. The number of methoxy groups -OCH3 is 1. The number of pyridine rings is 1. The van der Waals surface area contributed by atoms with E-state index in [-0.39, 0.29) is 42.6 Å². The molecule has 1 amide bonds. The molecule has 15 heteroatoms. The van der Waals surface area contributed by atoms with E-state index in [4.69, 9.17) is 31.5 Å². The molecule has 0 saturated carbocycles. The molecule has 2 aromatic rings. The molecule has 0 aliphatic heterocycles. The second-order valence-corrected chi connectivity index (χ2v) is 10.8. The van der Waals surface area contributed by atoms with E-state index in [1.54, 1.807) is 32.9 Å². The minimum absolute atomic E-state index is 0.0517. The maximum absolute atomic E-state index is 13.0. The number of nitrogens with zero attached hydrogens (tertiary/aromatic N) is 2. The number of hydrogen-bond acceptors (Lipinski definition) is 8. The third-order valence-corrected chi connectivity index (χ3v) is 6.86. The Morgan fingerprint density at radius 1 is 1.16 bits per heavy atom. The van der Waals surface area contributed by atoms with Gasteiger partial charge in [-0.05, 0) is 51.3 Å². The Kier molecular flexibility index (Phi) is 10.6. The Hall–Kier alpha value is -2.81. The first-order chi connectivity index (χ1) is 17.5. The van der Waals surface area contributed by atoms with Crippen molar-refractivity contribution in [2.45, 2.75) is 45.3 Å². The second kappa shape index (κ2) is 12.8. The molecular weight excluding hydrogens is 555 g/mol. The Morgan fingerprint density at radius 3 is 2.39 bits per heavy atom. The van der Waals surface area contributed by atoms with Crippen molar-refractivity contribution in [1.82, 2.24) is 9.29 Å². The van der Waals surface area contributed by atoms with Gasteiger partial charge in [-0.15, -0.1) is 0 Å². The zero-order chi connectivity index (χ0) is 28.7. The first-order valence-corrected chi connectivity index (χ1v) is 13.0. The normalized spacial score (nSPS) is 12.4. The van der Waals surface area contributed by atoms with Crippen LogP contribution in [-0.4, -0.2) is 56.2 Å². The van der Waals surface area contributed by atoms with E-state index in [0.29, 0.717) is 30.2 Å². The number of rotatable bonds is 12. The summed E-state index contributed by atoms with van der Waals surface area (Å²) in [6.07, 6.45) is -4.99. The number of carbonyl (C=O) groups is 1. The van der Waals surface area contributed by atoms with E-state index >= 15 is 0 Å². The summed E-state index contributed by atoms with van der Waals surface area (Å²) >= 11 is 6.01. The fourth-order valence-corrected chi connectivity index (χ4v) is 4.80.